The van der Waals surface area contributed by atoms with Crippen LogP contribution in [0, 0.1) is 0 Å². The predicted octanol–water partition coefficient (Wildman–Crippen LogP) is 3.67. The lowest BCUT2D eigenvalue weighted by molar-refractivity contribution is 0.102. The highest BCUT2D eigenvalue weighted by atomic mass is 32.2. The average molecular weight is 585 g/mol. The van der Waals surface area contributed by atoms with Gasteiger partial charge < -0.3 is 9.88 Å². The van der Waals surface area contributed by atoms with E-state index < -0.39 is 32.8 Å². The number of anilines is 2. The summed E-state index contributed by atoms with van der Waals surface area (Å²) in [5.41, 5.74) is 1.60. The van der Waals surface area contributed by atoms with E-state index in [1.807, 2.05) is 0 Å². The minimum atomic E-state index is -3.20. The van der Waals surface area contributed by atoms with Crippen molar-refractivity contribution >= 4 is 55.3 Å². The van der Waals surface area contributed by atoms with Crippen LogP contribution in [0.2, 0.25) is 0 Å². The molecule has 204 valence electrons. The van der Waals surface area contributed by atoms with Gasteiger partial charge in [-0.2, -0.15) is 0 Å². The predicted molar refractivity (Wildman–Crippen MR) is 155 cm³/mol. The molecule has 0 bridgehead atoms. The summed E-state index contributed by atoms with van der Waals surface area (Å²) in [7, 11) is -4.70. The molecule has 0 aliphatic heterocycles. The summed E-state index contributed by atoms with van der Waals surface area (Å²) in [5.74, 6) is -0.880. The average Bonchev–Trinajstić information content (AvgIpc) is 2.98. The fourth-order valence-electron chi connectivity index (χ4n) is 5.26. The molecule has 0 unspecified atom stereocenters. The van der Waals surface area contributed by atoms with Crippen molar-refractivity contribution in [2.24, 2.45) is 7.05 Å². The van der Waals surface area contributed by atoms with Crippen LogP contribution in [0.25, 0.3) is 22.0 Å². The van der Waals surface area contributed by atoms with E-state index in [0.29, 0.717) is 27.6 Å². The van der Waals surface area contributed by atoms with Crippen molar-refractivity contribution in [3.8, 4) is 11.1 Å². The van der Waals surface area contributed by atoms with E-state index >= 15 is 0 Å². The van der Waals surface area contributed by atoms with Gasteiger partial charge in [0, 0.05) is 29.1 Å². The second-order valence-corrected chi connectivity index (χ2v) is 11.4. The highest BCUT2D eigenvalue weighted by Crippen LogP contribution is 2.44. The lowest BCUT2D eigenvalue weighted by Gasteiger charge is -2.25. The van der Waals surface area contributed by atoms with Crippen molar-refractivity contribution in [1.29, 1.82) is 0 Å². The van der Waals surface area contributed by atoms with Gasteiger partial charge in [0.15, 0.2) is 33.0 Å². The summed E-state index contributed by atoms with van der Waals surface area (Å²) in [5, 5.41) is 3.36. The smallest absolute Gasteiger partial charge is 0.262 e. The molecule has 11 heteroatoms. The number of hydrogen-bond acceptors (Lipinski definition) is 8. The van der Waals surface area contributed by atoms with E-state index in [9.17, 15) is 31.2 Å². The van der Waals surface area contributed by atoms with Gasteiger partial charge in [-0.3, -0.25) is 14.4 Å². The summed E-state index contributed by atoms with van der Waals surface area (Å²) in [6, 6.07) is 21.8. The van der Waals surface area contributed by atoms with E-state index in [0.717, 1.165) is 6.07 Å². The topological polar surface area (TPSA) is 136 Å². The van der Waals surface area contributed by atoms with Crippen LogP contribution >= 0.6 is 0 Å². The molecule has 0 atom stereocenters. The molecule has 1 N–H and O–H groups in total. The first-order chi connectivity index (χ1) is 19.7. The SMILES string of the molecule is Cn1c(=O)c(C(=O)c2ccccc2)c2c3c(c(Nc4ccc([SH](=O)=O)cc4[SH](=O)=O)ccc31)C(=O)c1ccccc1-2. The zero-order valence-corrected chi connectivity index (χ0v) is 23.1. The number of carbonyl (C=O) groups is 2. The number of nitrogens with zero attached hydrogens (tertiary/aromatic N) is 1. The third kappa shape index (κ3) is 4.17. The molecular formula is C30H20N2O7S2. The first-order valence-corrected chi connectivity index (χ1v) is 14.7. The molecule has 0 saturated carbocycles. The molecule has 0 amide bonds. The maximum atomic E-state index is 14.0. The molecule has 0 spiro atoms. The van der Waals surface area contributed by atoms with E-state index in [-0.39, 0.29) is 43.6 Å². The molecule has 1 aliphatic rings. The fraction of sp³-hybridized carbons (Fsp3) is 0.0333. The molecule has 0 fully saturated rings. The van der Waals surface area contributed by atoms with Crippen molar-refractivity contribution in [2.45, 2.75) is 9.79 Å². The number of aryl methyl sites for hydroxylation is 1. The second-order valence-electron chi connectivity index (χ2n) is 9.41. The summed E-state index contributed by atoms with van der Waals surface area (Å²) < 4.78 is 48.3. The van der Waals surface area contributed by atoms with Crippen LogP contribution in [0.1, 0.15) is 31.8 Å². The Morgan fingerprint density at radius 3 is 2.07 bits per heavy atom. The molecule has 41 heavy (non-hydrogen) atoms. The first kappa shape index (κ1) is 26.4. The van der Waals surface area contributed by atoms with Crippen LogP contribution < -0.4 is 10.9 Å². The van der Waals surface area contributed by atoms with Crippen molar-refractivity contribution in [3.63, 3.8) is 0 Å². The highest BCUT2D eigenvalue weighted by molar-refractivity contribution is 7.73. The normalized spacial score (nSPS) is 12.1. The zero-order chi connectivity index (χ0) is 29.0. The molecule has 1 aromatic heterocycles. The second kappa shape index (κ2) is 9.95. The van der Waals surface area contributed by atoms with Crippen molar-refractivity contribution in [2.75, 3.05) is 5.32 Å². The molecule has 6 rings (SSSR count). The largest absolute Gasteiger partial charge is 0.354 e. The monoisotopic (exact) mass is 584 g/mol. The van der Waals surface area contributed by atoms with Gasteiger partial charge in [0.1, 0.15) is 0 Å². The van der Waals surface area contributed by atoms with E-state index in [1.165, 1.54) is 23.7 Å². The minimum absolute atomic E-state index is 0.0657. The number of fused-ring (bicyclic) bond motifs is 2. The quantitative estimate of drug-likeness (QED) is 0.199. The minimum Gasteiger partial charge on any atom is -0.354 e. The lowest BCUT2D eigenvalue weighted by atomic mass is 9.80. The number of benzene rings is 4. The zero-order valence-electron chi connectivity index (χ0n) is 21.3. The molecule has 5 aromatic rings. The Bertz CT molecular complexity index is 2160. The molecule has 9 nitrogen and oxygen atoms in total. The number of pyridine rings is 1. The Hall–Kier alpha value is -4.87. The molecule has 0 radical (unpaired) electrons. The number of ketones is 2. The van der Waals surface area contributed by atoms with Gasteiger partial charge in [0.2, 0.25) is 0 Å². The molecular weight excluding hydrogens is 564 g/mol. The third-order valence-corrected chi connectivity index (χ3v) is 8.62. The number of aromatic nitrogens is 1. The lowest BCUT2D eigenvalue weighted by Crippen LogP contribution is -2.29. The summed E-state index contributed by atoms with van der Waals surface area (Å²) in [6.45, 7) is 0. The van der Waals surface area contributed by atoms with E-state index in [2.05, 4.69) is 5.32 Å². The summed E-state index contributed by atoms with van der Waals surface area (Å²) in [4.78, 5) is 41.1. The van der Waals surface area contributed by atoms with Gasteiger partial charge in [-0.25, -0.2) is 16.8 Å². The van der Waals surface area contributed by atoms with Crippen LogP contribution in [0.3, 0.4) is 0 Å². The number of carbonyl (C=O) groups excluding carboxylic acids is 2. The van der Waals surface area contributed by atoms with Gasteiger partial charge >= 0.3 is 0 Å². The number of rotatable bonds is 6. The third-order valence-electron chi connectivity index (χ3n) is 7.15. The highest BCUT2D eigenvalue weighted by Gasteiger charge is 2.34. The van der Waals surface area contributed by atoms with Crippen LogP contribution in [-0.2, 0) is 28.5 Å². The molecule has 1 aliphatic carbocycles. The Morgan fingerprint density at radius 2 is 1.39 bits per heavy atom. The van der Waals surface area contributed by atoms with Crippen LogP contribution in [0.15, 0.2) is 99.5 Å². The first-order valence-electron chi connectivity index (χ1n) is 12.3. The maximum absolute atomic E-state index is 14.0. The Balaban J connectivity index is 1.70. The number of thiol groups is 2. The van der Waals surface area contributed by atoms with Crippen molar-refractivity contribution < 1.29 is 26.4 Å². The molecule has 4 aromatic carbocycles. The van der Waals surface area contributed by atoms with Gasteiger partial charge in [0.05, 0.1) is 37.8 Å². The van der Waals surface area contributed by atoms with E-state index in [4.69, 9.17) is 0 Å². The standard InChI is InChI=1S/C30H20N2O7S2/c1-32-22-14-13-21(31-20-12-11-17(40(36)37)15-23(20)41(38)39)25-26(22)24(18-9-5-6-10-19(18)29(25)34)27(30(32)35)28(33)16-7-3-2-4-8-16/h2-15,31,40-41H,1H3. The van der Waals surface area contributed by atoms with Crippen LogP contribution in [0.4, 0.5) is 11.4 Å². The van der Waals surface area contributed by atoms with Gasteiger partial charge in [0.25, 0.3) is 5.56 Å². The summed E-state index contributed by atoms with van der Waals surface area (Å²) >= 11 is 0. The number of hydrogen-bond donors (Lipinski definition) is 3. The molecule has 0 saturated heterocycles. The van der Waals surface area contributed by atoms with Crippen LogP contribution in [-0.4, -0.2) is 33.0 Å². The van der Waals surface area contributed by atoms with Crippen molar-refractivity contribution in [3.05, 3.63) is 118 Å². The van der Waals surface area contributed by atoms with E-state index in [1.54, 1.807) is 66.7 Å². The maximum Gasteiger partial charge on any atom is 0.262 e. The van der Waals surface area contributed by atoms with Gasteiger partial charge in [-0.1, -0.05) is 54.6 Å². The van der Waals surface area contributed by atoms with Crippen molar-refractivity contribution in [1.82, 2.24) is 4.57 Å². The Labute approximate surface area is 236 Å². The Morgan fingerprint density at radius 1 is 0.732 bits per heavy atom. The fourth-order valence-corrected chi connectivity index (χ4v) is 6.36. The number of nitrogens with one attached hydrogen (secondary N) is 1. The summed E-state index contributed by atoms with van der Waals surface area (Å²) in [6.07, 6.45) is 0. The Kier molecular flexibility index (Phi) is 6.40. The van der Waals surface area contributed by atoms with Gasteiger partial charge in [-0.15, -0.1) is 0 Å². The molecule has 1 heterocycles. The van der Waals surface area contributed by atoms with Gasteiger partial charge in [-0.05, 0) is 35.9 Å². The van der Waals surface area contributed by atoms with Crippen LogP contribution in [0.5, 0.6) is 0 Å².